The van der Waals surface area contributed by atoms with Gasteiger partial charge in [0.05, 0.1) is 18.4 Å². The average Bonchev–Trinajstić information content (AvgIpc) is 2.46. The molecule has 0 saturated heterocycles. The molecule has 0 amide bonds. The number of esters is 1. The topological polar surface area (TPSA) is 62.2 Å². The second kappa shape index (κ2) is 7.64. The minimum absolute atomic E-state index is 0.0195. The molecule has 0 heterocycles. The zero-order valence-corrected chi connectivity index (χ0v) is 11.8. The van der Waals surface area contributed by atoms with Crippen LogP contribution in [0.4, 0.5) is 8.28 Å². The molecule has 0 aliphatic heterocycles. The van der Waals surface area contributed by atoms with E-state index in [4.69, 9.17) is 5.41 Å². The number of hydrogen-bond donors (Lipinski definition) is 2. The van der Waals surface area contributed by atoms with E-state index >= 15 is 0 Å². The molecule has 0 spiro atoms. The van der Waals surface area contributed by atoms with Crippen molar-refractivity contribution in [3.8, 4) is 0 Å². The Kier molecular flexibility index (Phi) is 6.17. The van der Waals surface area contributed by atoms with Crippen LogP contribution < -0.4 is 4.72 Å². The first-order valence-corrected chi connectivity index (χ1v) is 6.45. The Hall–Kier alpha value is -1.89. The molecule has 0 bridgehead atoms. The van der Waals surface area contributed by atoms with Crippen LogP contribution in [-0.2, 0) is 4.74 Å². The molecule has 0 fully saturated rings. The maximum atomic E-state index is 13.6. The van der Waals surface area contributed by atoms with E-state index in [-0.39, 0.29) is 29.2 Å². The minimum atomic E-state index is -0.689. The lowest BCUT2D eigenvalue weighted by Gasteiger charge is -2.12. The molecule has 20 heavy (non-hydrogen) atoms. The molecule has 0 atom stereocenters. The summed E-state index contributed by atoms with van der Waals surface area (Å²) in [5.74, 6) is -1.34. The number of benzene rings is 1. The molecular formula is C13H14F2N2O2S. The highest BCUT2D eigenvalue weighted by molar-refractivity contribution is 7.92. The van der Waals surface area contributed by atoms with E-state index in [1.54, 1.807) is 6.92 Å². The number of rotatable bonds is 6. The Morgan fingerprint density at radius 1 is 1.45 bits per heavy atom. The maximum absolute atomic E-state index is 13.6. The van der Waals surface area contributed by atoms with Crippen LogP contribution in [0.3, 0.4) is 0 Å². The summed E-state index contributed by atoms with van der Waals surface area (Å²) in [5, 5.41) is 7.31. The number of carbonyl (C=O) groups is 1. The monoisotopic (exact) mass is 300 g/mol. The molecule has 1 aromatic rings. The molecule has 4 nitrogen and oxygen atoms in total. The molecule has 0 radical (unpaired) electrons. The molecule has 0 aliphatic rings. The average molecular weight is 300 g/mol. The summed E-state index contributed by atoms with van der Waals surface area (Å²) in [7, 11) is 1.19. The van der Waals surface area contributed by atoms with Crippen molar-refractivity contribution in [1.82, 2.24) is 4.72 Å². The molecule has 0 aromatic heterocycles. The quantitative estimate of drug-likeness (QED) is 0.479. The summed E-state index contributed by atoms with van der Waals surface area (Å²) in [6.07, 6.45) is 1.51. The number of carbonyl (C=O) groups excluding carboxylic acids is 1. The summed E-state index contributed by atoms with van der Waals surface area (Å²) < 4.78 is 33.0. The van der Waals surface area contributed by atoms with Gasteiger partial charge in [0.2, 0.25) is 0 Å². The minimum Gasteiger partial charge on any atom is -0.465 e. The van der Waals surface area contributed by atoms with E-state index in [2.05, 4.69) is 9.46 Å². The van der Waals surface area contributed by atoms with Gasteiger partial charge >= 0.3 is 5.97 Å². The number of halogens is 2. The van der Waals surface area contributed by atoms with Gasteiger partial charge in [-0.1, -0.05) is 6.92 Å². The standard InChI is InChI=1S/C13H14F2N2O2S/c1-3-8(7-16)12(17-20-15)9-4-10(13(18)19-2)6-11(14)5-9/h4-7,16-17H,3H2,1-2H3/b12-8-,16-7?. The van der Waals surface area contributed by atoms with Gasteiger partial charge in [0.1, 0.15) is 5.82 Å². The summed E-state index contributed by atoms with van der Waals surface area (Å²) in [6.45, 7) is 1.78. The second-order valence-corrected chi connectivity index (χ2v) is 4.16. The van der Waals surface area contributed by atoms with Crippen LogP contribution in [0.5, 0.6) is 0 Å². The van der Waals surface area contributed by atoms with Crippen LogP contribution in [0.1, 0.15) is 29.3 Å². The lowest BCUT2D eigenvalue weighted by molar-refractivity contribution is 0.0600. The fourth-order valence-corrected chi connectivity index (χ4v) is 2.00. The van der Waals surface area contributed by atoms with E-state index in [1.807, 2.05) is 0 Å². The van der Waals surface area contributed by atoms with Crippen LogP contribution in [0.15, 0.2) is 23.8 Å². The highest BCUT2D eigenvalue weighted by Gasteiger charge is 2.13. The molecule has 7 heteroatoms. The lowest BCUT2D eigenvalue weighted by atomic mass is 10.0. The van der Waals surface area contributed by atoms with Crippen LogP contribution in [-0.4, -0.2) is 19.3 Å². The van der Waals surface area contributed by atoms with E-state index in [0.717, 1.165) is 18.3 Å². The van der Waals surface area contributed by atoms with Crippen molar-refractivity contribution in [2.24, 2.45) is 0 Å². The van der Waals surface area contributed by atoms with Gasteiger partial charge in [-0.2, -0.15) is 0 Å². The fraction of sp³-hybridized carbons (Fsp3) is 0.231. The number of ether oxygens (including phenoxy) is 1. The van der Waals surface area contributed by atoms with Gasteiger partial charge in [-0.3, -0.25) is 0 Å². The number of hydrogen-bond acceptors (Lipinski definition) is 5. The van der Waals surface area contributed by atoms with Gasteiger partial charge < -0.3 is 14.9 Å². The Morgan fingerprint density at radius 2 is 2.10 bits per heavy atom. The smallest absolute Gasteiger partial charge is 0.337 e. The molecule has 2 N–H and O–H groups in total. The number of nitrogens with one attached hydrogen (secondary N) is 2. The van der Waals surface area contributed by atoms with Gasteiger partial charge in [0, 0.05) is 11.8 Å². The summed E-state index contributed by atoms with van der Waals surface area (Å²) in [4.78, 5) is 11.5. The second-order valence-electron chi connectivity index (χ2n) is 3.80. The highest BCUT2D eigenvalue weighted by Crippen LogP contribution is 2.23. The van der Waals surface area contributed by atoms with Gasteiger partial charge in [-0.25, -0.2) is 9.18 Å². The van der Waals surface area contributed by atoms with E-state index in [9.17, 15) is 13.1 Å². The van der Waals surface area contributed by atoms with Crippen LogP contribution in [0, 0.1) is 11.2 Å². The normalized spacial score (nSPS) is 11.6. The fourth-order valence-electron chi connectivity index (χ4n) is 1.67. The highest BCUT2D eigenvalue weighted by atomic mass is 32.2. The van der Waals surface area contributed by atoms with Crippen LogP contribution in [0.25, 0.3) is 5.70 Å². The predicted octanol–water partition coefficient (Wildman–Crippen LogP) is 3.51. The SMILES string of the molecule is CC/C(C=N)=C(/NSF)c1cc(F)cc(C(=O)OC)c1. The van der Waals surface area contributed by atoms with E-state index < -0.39 is 11.8 Å². The molecule has 0 aliphatic carbocycles. The van der Waals surface area contributed by atoms with Crippen molar-refractivity contribution < 1.29 is 17.8 Å². The number of methoxy groups -OCH3 is 1. The van der Waals surface area contributed by atoms with Gasteiger partial charge in [-0.15, -0.1) is 3.89 Å². The molecule has 1 rings (SSSR count). The third-order valence-electron chi connectivity index (χ3n) is 2.62. The van der Waals surface area contributed by atoms with Crippen molar-refractivity contribution in [3.05, 3.63) is 40.7 Å². The Morgan fingerprint density at radius 3 is 2.60 bits per heavy atom. The molecule has 1 aromatic carbocycles. The third kappa shape index (κ3) is 3.80. The Balaban J connectivity index is 3.41. The summed E-state index contributed by atoms with van der Waals surface area (Å²) in [6, 6.07) is 3.57. The molecule has 108 valence electrons. The zero-order chi connectivity index (χ0) is 15.1. The zero-order valence-electron chi connectivity index (χ0n) is 11.0. The van der Waals surface area contributed by atoms with Crippen molar-refractivity contribution in [1.29, 1.82) is 5.41 Å². The lowest BCUT2D eigenvalue weighted by Crippen LogP contribution is -2.08. The first-order chi connectivity index (χ1) is 9.57. The van der Waals surface area contributed by atoms with Crippen molar-refractivity contribution in [3.63, 3.8) is 0 Å². The largest absolute Gasteiger partial charge is 0.465 e. The Labute approximate surface area is 120 Å². The van der Waals surface area contributed by atoms with Gasteiger partial charge in [-0.05, 0) is 30.2 Å². The third-order valence-corrected chi connectivity index (χ3v) is 2.91. The van der Waals surface area contributed by atoms with Gasteiger partial charge in [0.15, 0.2) is 12.3 Å². The van der Waals surface area contributed by atoms with E-state index in [1.165, 1.54) is 13.2 Å². The molecule has 0 unspecified atom stereocenters. The summed E-state index contributed by atoms with van der Waals surface area (Å²) in [5.41, 5.74) is 1.03. The van der Waals surface area contributed by atoms with E-state index in [0.29, 0.717) is 12.0 Å². The van der Waals surface area contributed by atoms with Gasteiger partial charge in [0.25, 0.3) is 0 Å². The predicted molar refractivity (Wildman–Crippen MR) is 75.6 cm³/mol. The van der Waals surface area contributed by atoms with Crippen molar-refractivity contribution in [2.45, 2.75) is 13.3 Å². The summed E-state index contributed by atoms with van der Waals surface area (Å²) >= 11 is -0.160. The first-order valence-electron chi connectivity index (χ1n) is 5.73. The number of allylic oxidation sites excluding steroid dienone is 1. The maximum Gasteiger partial charge on any atom is 0.337 e. The van der Waals surface area contributed by atoms with Crippen molar-refractivity contribution >= 4 is 30.2 Å². The Bertz CT molecular complexity index is 547. The molecular weight excluding hydrogens is 286 g/mol. The molecule has 0 saturated carbocycles. The first kappa shape index (κ1) is 16.2. The van der Waals surface area contributed by atoms with Crippen molar-refractivity contribution in [2.75, 3.05) is 7.11 Å². The van der Waals surface area contributed by atoms with Crippen LogP contribution in [0.2, 0.25) is 0 Å². The van der Waals surface area contributed by atoms with Crippen LogP contribution >= 0.6 is 12.3 Å².